The number of nitrogens with zero attached hydrogens (tertiary/aromatic N) is 4. The maximum Gasteiger partial charge on any atom is 0.244 e. The third kappa shape index (κ3) is 4.86. The zero-order valence-corrected chi connectivity index (χ0v) is 17.7. The van der Waals surface area contributed by atoms with Crippen molar-refractivity contribution in [1.29, 1.82) is 5.26 Å². The minimum Gasteiger partial charge on any atom is -0.316 e. The van der Waals surface area contributed by atoms with Gasteiger partial charge in [0.15, 0.2) is 0 Å². The second kappa shape index (κ2) is 9.53. The van der Waals surface area contributed by atoms with Gasteiger partial charge in [0, 0.05) is 38.4 Å². The van der Waals surface area contributed by atoms with Crippen LogP contribution in [-0.2, 0) is 14.8 Å². The third-order valence-corrected chi connectivity index (χ3v) is 7.50. The predicted octanol–water partition coefficient (Wildman–Crippen LogP) is 2.17. The van der Waals surface area contributed by atoms with Crippen molar-refractivity contribution in [2.45, 2.75) is 37.5 Å². The molecular weight excluding hydrogens is 388 g/mol. The molecule has 1 aliphatic carbocycles. The van der Waals surface area contributed by atoms with Gasteiger partial charge >= 0.3 is 0 Å². The number of nitriles is 1. The molecule has 2 aliphatic rings. The molecule has 0 bridgehead atoms. The van der Waals surface area contributed by atoms with Crippen molar-refractivity contribution in [1.82, 2.24) is 14.1 Å². The first-order valence-corrected chi connectivity index (χ1v) is 11.6. The summed E-state index contributed by atoms with van der Waals surface area (Å²) in [6.45, 7) is 4.56. The summed E-state index contributed by atoms with van der Waals surface area (Å²) in [5.41, 5.74) is 1.28. The van der Waals surface area contributed by atoms with Crippen LogP contribution in [0.4, 0.5) is 0 Å². The lowest BCUT2D eigenvalue weighted by Gasteiger charge is -2.35. The number of amides is 1. The standard InChI is InChI=1S/C21H28N4O3S/c1-2-25(19-9-4-3-5-10-19)21(26)17-23-12-14-24(15-13-23)29(27,28)20-11-7-6-8-18(20)16-22/h6-9,11H,2-5,10,12-15,17H2,1H3. The molecule has 156 valence electrons. The molecule has 1 heterocycles. The van der Waals surface area contributed by atoms with Crippen molar-refractivity contribution in [2.24, 2.45) is 0 Å². The molecule has 8 heteroatoms. The molecule has 1 aliphatic heterocycles. The Labute approximate surface area is 173 Å². The largest absolute Gasteiger partial charge is 0.316 e. The second-order valence-electron chi connectivity index (χ2n) is 7.37. The quantitative estimate of drug-likeness (QED) is 0.710. The maximum atomic E-state index is 12.9. The Bertz CT molecular complexity index is 912. The van der Waals surface area contributed by atoms with Crippen molar-refractivity contribution >= 4 is 15.9 Å². The summed E-state index contributed by atoms with van der Waals surface area (Å²) >= 11 is 0. The molecule has 0 aromatic heterocycles. The van der Waals surface area contributed by atoms with E-state index in [9.17, 15) is 18.5 Å². The molecule has 0 spiro atoms. The molecule has 0 saturated carbocycles. The molecule has 0 atom stereocenters. The Morgan fingerprint density at radius 2 is 1.90 bits per heavy atom. The van der Waals surface area contributed by atoms with Gasteiger partial charge in [0.25, 0.3) is 0 Å². The predicted molar refractivity (Wildman–Crippen MR) is 110 cm³/mol. The number of rotatable bonds is 6. The van der Waals surface area contributed by atoms with E-state index in [-0.39, 0.29) is 16.4 Å². The van der Waals surface area contributed by atoms with Crippen LogP contribution in [-0.4, -0.2) is 67.7 Å². The highest BCUT2D eigenvalue weighted by Crippen LogP contribution is 2.23. The molecule has 0 unspecified atom stereocenters. The van der Waals surface area contributed by atoms with Crippen LogP contribution in [0.15, 0.2) is 40.9 Å². The number of piperazine rings is 1. The first-order chi connectivity index (χ1) is 14.0. The molecule has 1 aromatic rings. The summed E-state index contributed by atoms with van der Waals surface area (Å²) in [5, 5.41) is 9.22. The van der Waals surface area contributed by atoms with Gasteiger partial charge in [-0.05, 0) is 44.7 Å². The van der Waals surface area contributed by atoms with E-state index in [1.807, 2.05) is 22.8 Å². The smallest absolute Gasteiger partial charge is 0.244 e. The van der Waals surface area contributed by atoms with Crippen molar-refractivity contribution in [3.63, 3.8) is 0 Å². The number of likely N-dealkylation sites (N-methyl/N-ethyl adjacent to an activating group) is 1. The molecule has 1 fully saturated rings. The maximum absolute atomic E-state index is 12.9. The Kier molecular flexibility index (Phi) is 7.06. The van der Waals surface area contributed by atoms with Gasteiger partial charge in [-0.3, -0.25) is 9.69 Å². The summed E-state index contributed by atoms with van der Waals surface area (Å²) in [4.78, 5) is 16.7. The number of sulfonamides is 1. The first-order valence-electron chi connectivity index (χ1n) is 10.2. The van der Waals surface area contributed by atoms with Crippen LogP contribution in [0, 0.1) is 11.3 Å². The molecule has 7 nitrogen and oxygen atoms in total. The Balaban J connectivity index is 1.61. The molecule has 1 aromatic carbocycles. The van der Waals surface area contributed by atoms with Crippen molar-refractivity contribution in [3.8, 4) is 6.07 Å². The number of carbonyl (C=O) groups is 1. The van der Waals surface area contributed by atoms with Crippen LogP contribution in [0.3, 0.4) is 0 Å². The monoisotopic (exact) mass is 416 g/mol. The average Bonchev–Trinajstić information content (AvgIpc) is 2.75. The topological polar surface area (TPSA) is 84.7 Å². The van der Waals surface area contributed by atoms with Gasteiger partial charge < -0.3 is 4.90 Å². The Morgan fingerprint density at radius 1 is 1.17 bits per heavy atom. The normalized spacial score (nSPS) is 18.7. The van der Waals surface area contributed by atoms with Gasteiger partial charge in [-0.1, -0.05) is 18.2 Å². The summed E-state index contributed by atoms with van der Waals surface area (Å²) in [6.07, 6.45) is 6.45. The lowest BCUT2D eigenvalue weighted by Crippen LogP contribution is -2.51. The second-order valence-corrected chi connectivity index (χ2v) is 9.27. The first kappa shape index (κ1) is 21.5. The molecule has 0 radical (unpaired) electrons. The van der Waals surface area contributed by atoms with Gasteiger partial charge in [-0.25, -0.2) is 8.42 Å². The minimum atomic E-state index is -3.72. The van der Waals surface area contributed by atoms with Gasteiger partial charge in [-0.15, -0.1) is 0 Å². The third-order valence-electron chi connectivity index (χ3n) is 5.55. The highest BCUT2D eigenvalue weighted by atomic mass is 32.2. The van der Waals surface area contributed by atoms with E-state index in [0.29, 0.717) is 39.3 Å². The molecule has 1 amide bonds. The van der Waals surface area contributed by atoms with Crippen LogP contribution >= 0.6 is 0 Å². The zero-order valence-electron chi connectivity index (χ0n) is 16.9. The number of hydrogen-bond acceptors (Lipinski definition) is 5. The molecule has 29 heavy (non-hydrogen) atoms. The van der Waals surface area contributed by atoms with E-state index < -0.39 is 10.0 Å². The number of benzene rings is 1. The highest BCUT2D eigenvalue weighted by molar-refractivity contribution is 7.89. The Morgan fingerprint density at radius 3 is 2.52 bits per heavy atom. The van der Waals surface area contributed by atoms with E-state index >= 15 is 0 Å². The summed E-state index contributed by atoms with van der Waals surface area (Å²) in [6, 6.07) is 8.22. The fraction of sp³-hybridized carbons (Fsp3) is 0.524. The fourth-order valence-electron chi connectivity index (χ4n) is 3.93. The van der Waals surface area contributed by atoms with Crippen LogP contribution in [0.1, 0.15) is 38.2 Å². The number of allylic oxidation sites excluding steroid dienone is 2. The van der Waals surface area contributed by atoms with Gasteiger partial charge in [0.2, 0.25) is 15.9 Å². The van der Waals surface area contributed by atoms with Gasteiger partial charge in [-0.2, -0.15) is 9.57 Å². The Hall–Kier alpha value is -2.21. The van der Waals surface area contributed by atoms with Crippen molar-refractivity contribution in [2.75, 3.05) is 39.3 Å². The average molecular weight is 417 g/mol. The van der Waals surface area contributed by atoms with E-state index in [1.54, 1.807) is 12.1 Å². The van der Waals surface area contributed by atoms with E-state index in [2.05, 4.69) is 6.08 Å². The highest BCUT2D eigenvalue weighted by Gasteiger charge is 2.31. The van der Waals surface area contributed by atoms with Crippen LogP contribution < -0.4 is 0 Å². The molecule has 3 rings (SSSR count). The lowest BCUT2D eigenvalue weighted by molar-refractivity contribution is -0.130. The van der Waals surface area contributed by atoms with Crippen molar-refractivity contribution < 1.29 is 13.2 Å². The molecular formula is C21H28N4O3S. The van der Waals surface area contributed by atoms with E-state index in [1.165, 1.54) is 22.9 Å². The van der Waals surface area contributed by atoms with Crippen LogP contribution in [0.5, 0.6) is 0 Å². The number of carbonyl (C=O) groups excluding carboxylic acids is 1. The van der Waals surface area contributed by atoms with Crippen LogP contribution in [0.25, 0.3) is 0 Å². The zero-order chi connectivity index (χ0) is 20.9. The summed E-state index contributed by atoms with van der Waals surface area (Å²) in [7, 11) is -3.72. The molecule has 0 N–H and O–H groups in total. The van der Waals surface area contributed by atoms with E-state index in [4.69, 9.17) is 0 Å². The molecule has 1 saturated heterocycles. The van der Waals surface area contributed by atoms with Gasteiger partial charge in [0.05, 0.1) is 17.0 Å². The fourth-order valence-corrected chi connectivity index (χ4v) is 5.50. The lowest BCUT2D eigenvalue weighted by atomic mass is 10.0. The summed E-state index contributed by atoms with van der Waals surface area (Å²) < 4.78 is 27.3. The number of hydrogen-bond donors (Lipinski definition) is 0. The SMILES string of the molecule is CCN(C(=O)CN1CCN(S(=O)(=O)c2ccccc2C#N)CC1)C1=CCCCC1. The van der Waals surface area contributed by atoms with Crippen LogP contribution in [0.2, 0.25) is 0 Å². The van der Waals surface area contributed by atoms with Gasteiger partial charge in [0.1, 0.15) is 6.07 Å². The van der Waals surface area contributed by atoms with E-state index in [0.717, 1.165) is 25.0 Å². The summed E-state index contributed by atoms with van der Waals surface area (Å²) in [5.74, 6) is 0.0757. The van der Waals surface area contributed by atoms with Crippen molar-refractivity contribution in [3.05, 3.63) is 41.6 Å². The minimum absolute atomic E-state index is 0.0495.